The van der Waals surface area contributed by atoms with Crippen LogP contribution in [-0.2, 0) is 6.42 Å². The number of halogens is 1. The van der Waals surface area contributed by atoms with E-state index >= 15 is 0 Å². The summed E-state index contributed by atoms with van der Waals surface area (Å²) in [5.41, 5.74) is 2.15. The molecule has 0 bridgehead atoms. The van der Waals surface area contributed by atoms with Crippen molar-refractivity contribution in [3.05, 3.63) is 34.1 Å². The molecule has 1 heterocycles. The minimum absolute atomic E-state index is 0.593. The molecule has 0 unspecified atom stereocenters. The van der Waals surface area contributed by atoms with Crippen molar-refractivity contribution in [1.82, 2.24) is 15.5 Å². The molecule has 0 spiro atoms. The Morgan fingerprint density at radius 2 is 2.20 bits per heavy atom. The molecule has 1 N–H and O–H groups in total. The molecule has 0 atom stereocenters. The number of hydrogen-bond acceptors (Lipinski definition) is 4. The molecule has 1 saturated carbocycles. The topological polar surface area (TPSA) is 51.0 Å². The standard InChI is InChI=1S/C15H18BrN3O/c1-10-4-5-11(9-13(10)16)15-19-18-14(20-15)3-2-8-17-12-6-7-12/h4-5,9,12,17H,2-3,6-8H2,1H3. The SMILES string of the molecule is Cc1ccc(-c2nnc(CCCNC3CC3)o2)cc1Br. The van der Waals surface area contributed by atoms with Gasteiger partial charge < -0.3 is 9.73 Å². The van der Waals surface area contributed by atoms with Crippen LogP contribution in [0.3, 0.4) is 0 Å². The van der Waals surface area contributed by atoms with Crippen LogP contribution in [0.15, 0.2) is 27.1 Å². The quantitative estimate of drug-likeness (QED) is 0.821. The maximum absolute atomic E-state index is 5.72. The highest BCUT2D eigenvalue weighted by Gasteiger charge is 2.19. The number of nitrogens with zero attached hydrogens (tertiary/aromatic N) is 2. The summed E-state index contributed by atoms with van der Waals surface area (Å²) in [5.74, 6) is 1.31. The van der Waals surface area contributed by atoms with Gasteiger partial charge in [0, 0.05) is 22.5 Å². The van der Waals surface area contributed by atoms with Crippen LogP contribution in [-0.4, -0.2) is 22.8 Å². The molecule has 3 rings (SSSR count). The van der Waals surface area contributed by atoms with E-state index in [1.807, 2.05) is 18.2 Å². The first-order chi connectivity index (χ1) is 9.72. The van der Waals surface area contributed by atoms with E-state index in [1.165, 1.54) is 18.4 Å². The van der Waals surface area contributed by atoms with Crippen molar-refractivity contribution in [3.8, 4) is 11.5 Å². The van der Waals surface area contributed by atoms with E-state index in [1.54, 1.807) is 0 Å². The fourth-order valence-corrected chi connectivity index (χ4v) is 2.41. The van der Waals surface area contributed by atoms with E-state index in [0.717, 1.165) is 35.5 Å². The molecule has 1 aromatic heterocycles. The van der Waals surface area contributed by atoms with Crippen molar-refractivity contribution in [2.24, 2.45) is 0 Å². The lowest BCUT2D eigenvalue weighted by molar-refractivity contribution is 0.491. The molecular weight excluding hydrogens is 318 g/mol. The third-order valence-corrected chi connectivity index (χ3v) is 4.32. The highest BCUT2D eigenvalue weighted by Crippen LogP contribution is 2.25. The Labute approximate surface area is 127 Å². The predicted molar refractivity (Wildman–Crippen MR) is 81.5 cm³/mol. The van der Waals surface area contributed by atoms with E-state index in [0.29, 0.717) is 11.8 Å². The normalized spacial score (nSPS) is 14.7. The van der Waals surface area contributed by atoms with Gasteiger partial charge in [-0.3, -0.25) is 0 Å². The molecule has 5 heteroatoms. The van der Waals surface area contributed by atoms with Gasteiger partial charge in [0.1, 0.15) is 0 Å². The van der Waals surface area contributed by atoms with Gasteiger partial charge in [-0.2, -0.15) is 0 Å². The first kappa shape index (κ1) is 13.8. The molecule has 0 radical (unpaired) electrons. The van der Waals surface area contributed by atoms with Crippen molar-refractivity contribution in [3.63, 3.8) is 0 Å². The van der Waals surface area contributed by atoms with Crippen LogP contribution in [0, 0.1) is 6.92 Å². The van der Waals surface area contributed by atoms with Crippen LogP contribution >= 0.6 is 15.9 Å². The molecule has 20 heavy (non-hydrogen) atoms. The van der Waals surface area contributed by atoms with Crippen LogP contribution < -0.4 is 5.32 Å². The smallest absolute Gasteiger partial charge is 0.247 e. The predicted octanol–water partition coefficient (Wildman–Crippen LogP) is 3.49. The number of hydrogen-bond donors (Lipinski definition) is 1. The van der Waals surface area contributed by atoms with Crippen molar-refractivity contribution in [2.75, 3.05) is 6.54 Å². The van der Waals surface area contributed by atoms with Gasteiger partial charge in [0.2, 0.25) is 11.8 Å². The molecule has 1 fully saturated rings. The second kappa shape index (κ2) is 6.06. The number of rotatable bonds is 6. The molecule has 0 amide bonds. The molecule has 1 aliphatic carbocycles. The lowest BCUT2D eigenvalue weighted by Gasteiger charge is -2.00. The molecule has 4 nitrogen and oxygen atoms in total. The Hall–Kier alpha value is -1.20. The largest absolute Gasteiger partial charge is 0.421 e. The first-order valence-electron chi connectivity index (χ1n) is 7.04. The lowest BCUT2D eigenvalue weighted by Crippen LogP contribution is -2.17. The van der Waals surface area contributed by atoms with Gasteiger partial charge in [0.15, 0.2) is 0 Å². The summed E-state index contributed by atoms with van der Waals surface area (Å²) in [5, 5.41) is 11.7. The highest BCUT2D eigenvalue weighted by atomic mass is 79.9. The van der Waals surface area contributed by atoms with Gasteiger partial charge in [0.25, 0.3) is 0 Å². The molecule has 0 aliphatic heterocycles. The van der Waals surface area contributed by atoms with Crippen molar-refractivity contribution in [1.29, 1.82) is 0 Å². The third-order valence-electron chi connectivity index (χ3n) is 3.46. The Morgan fingerprint density at radius 3 is 2.95 bits per heavy atom. The maximum atomic E-state index is 5.72. The summed E-state index contributed by atoms with van der Waals surface area (Å²) in [6.07, 6.45) is 4.52. The second-order valence-electron chi connectivity index (χ2n) is 5.30. The summed E-state index contributed by atoms with van der Waals surface area (Å²) >= 11 is 3.52. The zero-order chi connectivity index (χ0) is 13.9. The number of aryl methyl sites for hydroxylation is 2. The van der Waals surface area contributed by atoms with Crippen LogP contribution in [0.2, 0.25) is 0 Å². The summed E-state index contributed by atoms with van der Waals surface area (Å²) < 4.78 is 6.78. The zero-order valence-electron chi connectivity index (χ0n) is 11.5. The van der Waals surface area contributed by atoms with Gasteiger partial charge in [-0.15, -0.1) is 10.2 Å². The Kier molecular flexibility index (Phi) is 4.17. The Bertz CT molecular complexity index is 593. The molecule has 0 saturated heterocycles. The fraction of sp³-hybridized carbons (Fsp3) is 0.467. The minimum Gasteiger partial charge on any atom is -0.421 e. The second-order valence-corrected chi connectivity index (χ2v) is 6.15. The van der Waals surface area contributed by atoms with Crippen molar-refractivity contribution < 1.29 is 4.42 Å². The van der Waals surface area contributed by atoms with E-state index in [-0.39, 0.29) is 0 Å². The van der Waals surface area contributed by atoms with E-state index < -0.39 is 0 Å². The first-order valence-corrected chi connectivity index (χ1v) is 7.84. The molecule has 1 aliphatic rings. The summed E-state index contributed by atoms with van der Waals surface area (Å²) in [6, 6.07) is 6.83. The van der Waals surface area contributed by atoms with Gasteiger partial charge in [-0.25, -0.2) is 0 Å². The van der Waals surface area contributed by atoms with Gasteiger partial charge in [-0.1, -0.05) is 22.0 Å². The monoisotopic (exact) mass is 335 g/mol. The average molecular weight is 336 g/mol. The number of nitrogens with one attached hydrogen (secondary N) is 1. The van der Waals surface area contributed by atoms with E-state index in [9.17, 15) is 0 Å². The summed E-state index contributed by atoms with van der Waals surface area (Å²) in [7, 11) is 0. The Morgan fingerprint density at radius 1 is 1.35 bits per heavy atom. The lowest BCUT2D eigenvalue weighted by atomic mass is 10.1. The zero-order valence-corrected chi connectivity index (χ0v) is 13.1. The summed E-state index contributed by atoms with van der Waals surface area (Å²) in [6.45, 7) is 3.08. The van der Waals surface area contributed by atoms with Crippen molar-refractivity contribution in [2.45, 2.75) is 38.6 Å². The van der Waals surface area contributed by atoms with E-state index in [4.69, 9.17) is 4.42 Å². The number of aromatic nitrogens is 2. The molecule has 1 aromatic carbocycles. The van der Waals surface area contributed by atoms with Gasteiger partial charge in [0.05, 0.1) is 0 Å². The van der Waals surface area contributed by atoms with E-state index in [2.05, 4.69) is 38.4 Å². The van der Waals surface area contributed by atoms with Crippen molar-refractivity contribution >= 4 is 15.9 Å². The molecule has 2 aromatic rings. The molecular formula is C15H18BrN3O. The van der Waals surface area contributed by atoms with Crippen LogP contribution in [0.25, 0.3) is 11.5 Å². The van der Waals surface area contributed by atoms with Crippen LogP contribution in [0.1, 0.15) is 30.7 Å². The third kappa shape index (κ3) is 3.46. The fourth-order valence-electron chi connectivity index (χ4n) is 2.03. The number of benzene rings is 1. The minimum atomic E-state index is 0.593. The maximum Gasteiger partial charge on any atom is 0.247 e. The molecule has 106 valence electrons. The van der Waals surface area contributed by atoms with Crippen LogP contribution in [0.5, 0.6) is 0 Å². The van der Waals surface area contributed by atoms with Gasteiger partial charge >= 0.3 is 0 Å². The summed E-state index contributed by atoms with van der Waals surface area (Å²) in [4.78, 5) is 0. The average Bonchev–Trinajstić information content (AvgIpc) is 3.15. The highest BCUT2D eigenvalue weighted by molar-refractivity contribution is 9.10. The van der Waals surface area contributed by atoms with Crippen LogP contribution in [0.4, 0.5) is 0 Å². The Balaban J connectivity index is 1.58. The van der Waals surface area contributed by atoms with Gasteiger partial charge in [-0.05, 0) is 50.4 Å².